The molecular formula is C23H21ClN4O5S2. The summed E-state index contributed by atoms with van der Waals surface area (Å²) in [7, 11) is -3.60. The van der Waals surface area contributed by atoms with Crippen LogP contribution in [0.2, 0.25) is 5.02 Å². The minimum absolute atomic E-state index is 0.0404. The maximum Gasteiger partial charge on any atom is 0.268 e. The quantitative estimate of drug-likeness (QED) is 0.246. The smallest absolute Gasteiger partial charge is 0.268 e. The van der Waals surface area contributed by atoms with Crippen molar-refractivity contribution < 1.29 is 22.7 Å². The lowest BCUT2D eigenvalue weighted by Gasteiger charge is -2.12. The third-order valence-corrected chi connectivity index (χ3v) is 6.41. The number of carbonyl (C=O) groups excluding carboxylic acids is 1. The first kappa shape index (κ1) is 26.2. The molecule has 1 amide bonds. The van der Waals surface area contributed by atoms with Crippen molar-refractivity contribution in [1.82, 2.24) is 9.36 Å². The molecule has 0 fully saturated rings. The normalized spacial score (nSPS) is 11.6. The fourth-order valence-corrected chi connectivity index (χ4v) is 4.56. The fraction of sp³-hybridized carbons (Fsp3) is 0.217. The van der Waals surface area contributed by atoms with E-state index in [2.05, 4.69) is 14.7 Å². The molecule has 0 bridgehead atoms. The minimum atomic E-state index is -3.60. The number of nitrogens with zero attached hydrogens (tertiary/aromatic N) is 3. The van der Waals surface area contributed by atoms with E-state index in [4.69, 9.17) is 21.1 Å². The van der Waals surface area contributed by atoms with Crippen molar-refractivity contribution in [1.29, 1.82) is 5.26 Å². The van der Waals surface area contributed by atoms with Gasteiger partial charge >= 0.3 is 0 Å². The number of anilines is 1. The summed E-state index contributed by atoms with van der Waals surface area (Å²) >= 11 is 6.99. The van der Waals surface area contributed by atoms with Crippen LogP contribution in [0.3, 0.4) is 0 Å². The van der Waals surface area contributed by atoms with Gasteiger partial charge in [0, 0.05) is 17.8 Å². The molecule has 12 heteroatoms. The van der Waals surface area contributed by atoms with Gasteiger partial charge in [0.1, 0.15) is 36.4 Å². The van der Waals surface area contributed by atoms with Crippen LogP contribution in [0.4, 0.5) is 5.13 Å². The van der Waals surface area contributed by atoms with E-state index in [1.807, 2.05) is 32.0 Å². The van der Waals surface area contributed by atoms with E-state index >= 15 is 0 Å². The van der Waals surface area contributed by atoms with Gasteiger partial charge in [0.25, 0.3) is 11.1 Å². The van der Waals surface area contributed by atoms with E-state index in [1.54, 1.807) is 24.3 Å². The molecule has 0 aliphatic heterocycles. The Morgan fingerprint density at radius 1 is 1.17 bits per heavy atom. The number of halogens is 1. The molecule has 0 spiro atoms. The molecule has 1 N–H and O–H groups in total. The molecule has 1 heterocycles. The second kappa shape index (κ2) is 11.3. The maximum absolute atomic E-state index is 12.4. The number of aryl methyl sites for hydroxylation is 2. The first-order valence-electron chi connectivity index (χ1n) is 10.2. The number of sulfone groups is 1. The SMILES string of the molecule is Cc1ccc(OCCOc2ccc(/C=C(/C#N)C(=O)Nc3nc(S(C)(=O)=O)ns3)cc2Cl)c(C)c1. The Labute approximate surface area is 212 Å². The summed E-state index contributed by atoms with van der Waals surface area (Å²) in [5, 5.41) is 11.6. The highest BCUT2D eigenvalue weighted by molar-refractivity contribution is 7.90. The average molecular weight is 533 g/mol. The molecule has 0 aliphatic rings. The topological polar surface area (TPSA) is 131 Å². The first-order chi connectivity index (χ1) is 16.6. The summed E-state index contributed by atoms with van der Waals surface area (Å²) in [6, 6.07) is 12.6. The Hall–Kier alpha value is -3.46. The van der Waals surface area contributed by atoms with Gasteiger partial charge in [-0.05, 0) is 49.2 Å². The third kappa shape index (κ3) is 7.26. The Morgan fingerprint density at radius 3 is 2.46 bits per heavy atom. The van der Waals surface area contributed by atoms with Crippen LogP contribution in [0.15, 0.2) is 47.1 Å². The van der Waals surface area contributed by atoms with Crippen molar-refractivity contribution in [2.45, 2.75) is 19.0 Å². The lowest BCUT2D eigenvalue weighted by atomic mass is 10.1. The standard InChI is InChI=1S/C23H21ClN4O5S2/c1-14-4-6-19(15(2)10-14)32-8-9-33-20-7-5-16(12-18(20)24)11-17(13-25)21(29)26-22-27-23(28-34-22)35(3,30)31/h4-7,10-12H,8-9H2,1-3H3,(H,26,27,28,29)/b17-11-. The summed E-state index contributed by atoms with van der Waals surface area (Å²) < 4.78 is 38.0. The van der Waals surface area contributed by atoms with Gasteiger partial charge in [-0.1, -0.05) is 35.4 Å². The largest absolute Gasteiger partial charge is 0.490 e. The predicted molar refractivity (Wildman–Crippen MR) is 134 cm³/mol. The number of nitriles is 1. The monoisotopic (exact) mass is 532 g/mol. The number of hydrogen-bond acceptors (Lipinski definition) is 9. The number of benzene rings is 2. The van der Waals surface area contributed by atoms with Crippen LogP contribution in [-0.4, -0.2) is 43.2 Å². The Balaban J connectivity index is 1.60. The molecular weight excluding hydrogens is 512 g/mol. The van der Waals surface area contributed by atoms with Crippen LogP contribution in [0.1, 0.15) is 16.7 Å². The third-order valence-electron chi connectivity index (χ3n) is 4.52. The molecule has 0 saturated heterocycles. The van der Waals surface area contributed by atoms with Crippen molar-refractivity contribution in [3.63, 3.8) is 0 Å². The Morgan fingerprint density at radius 2 is 1.86 bits per heavy atom. The van der Waals surface area contributed by atoms with Gasteiger partial charge in [-0.25, -0.2) is 8.42 Å². The summed E-state index contributed by atoms with van der Waals surface area (Å²) in [5.41, 5.74) is 2.46. The first-order valence-corrected chi connectivity index (χ1v) is 13.2. The average Bonchev–Trinajstić information content (AvgIpc) is 3.26. The molecule has 0 aliphatic carbocycles. The van der Waals surface area contributed by atoms with Gasteiger partial charge < -0.3 is 9.47 Å². The molecule has 3 aromatic rings. The van der Waals surface area contributed by atoms with Crippen LogP contribution in [0.25, 0.3) is 6.08 Å². The van der Waals surface area contributed by atoms with Gasteiger partial charge in [-0.3, -0.25) is 10.1 Å². The minimum Gasteiger partial charge on any atom is -0.490 e. The van der Waals surface area contributed by atoms with Crippen molar-refractivity contribution in [3.8, 4) is 17.6 Å². The highest BCUT2D eigenvalue weighted by atomic mass is 35.5. The predicted octanol–water partition coefficient (Wildman–Crippen LogP) is 4.22. The van der Waals surface area contributed by atoms with Crippen LogP contribution in [-0.2, 0) is 14.6 Å². The van der Waals surface area contributed by atoms with Gasteiger partial charge in [0.05, 0.1) is 5.02 Å². The summed E-state index contributed by atoms with van der Waals surface area (Å²) in [5.74, 6) is 0.455. The molecule has 0 atom stereocenters. The lowest BCUT2D eigenvalue weighted by molar-refractivity contribution is -0.112. The molecule has 9 nitrogen and oxygen atoms in total. The van der Waals surface area contributed by atoms with Crippen molar-refractivity contribution >= 4 is 50.1 Å². The van der Waals surface area contributed by atoms with Crippen molar-refractivity contribution in [2.75, 3.05) is 24.8 Å². The van der Waals surface area contributed by atoms with E-state index in [0.717, 1.165) is 23.1 Å². The van der Waals surface area contributed by atoms with E-state index in [9.17, 15) is 18.5 Å². The van der Waals surface area contributed by atoms with Crippen LogP contribution in [0.5, 0.6) is 11.5 Å². The molecule has 2 aromatic carbocycles. The fourth-order valence-electron chi connectivity index (χ4n) is 2.88. The summed E-state index contributed by atoms with van der Waals surface area (Å²) in [6.45, 7) is 4.59. The molecule has 3 rings (SSSR count). The molecule has 0 radical (unpaired) electrons. The maximum atomic E-state index is 12.4. The molecule has 182 valence electrons. The number of rotatable bonds is 9. The molecule has 1 aromatic heterocycles. The van der Waals surface area contributed by atoms with Gasteiger partial charge in [0.2, 0.25) is 15.0 Å². The van der Waals surface area contributed by atoms with Crippen LogP contribution in [0, 0.1) is 25.2 Å². The molecule has 0 saturated carbocycles. The van der Waals surface area contributed by atoms with Crippen LogP contribution < -0.4 is 14.8 Å². The van der Waals surface area contributed by atoms with Crippen molar-refractivity contribution in [2.24, 2.45) is 0 Å². The number of ether oxygens (including phenoxy) is 2. The van der Waals surface area contributed by atoms with E-state index in [1.165, 1.54) is 6.08 Å². The Kier molecular flexibility index (Phi) is 8.45. The van der Waals surface area contributed by atoms with Gasteiger partial charge in [-0.15, -0.1) is 0 Å². The van der Waals surface area contributed by atoms with Crippen LogP contribution >= 0.6 is 23.1 Å². The van der Waals surface area contributed by atoms with E-state index in [-0.39, 0.29) is 17.3 Å². The number of carbonyl (C=O) groups is 1. The molecule has 35 heavy (non-hydrogen) atoms. The number of aromatic nitrogens is 2. The zero-order valence-corrected chi connectivity index (χ0v) is 21.4. The summed E-state index contributed by atoms with van der Waals surface area (Å²) in [4.78, 5) is 16.1. The van der Waals surface area contributed by atoms with E-state index < -0.39 is 20.9 Å². The second-order valence-electron chi connectivity index (χ2n) is 7.43. The summed E-state index contributed by atoms with van der Waals surface area (Å²) in [6.07, 6.45) is 2.29. The van der Waals surface area contributed by atoms with Crippen molar-refractivity contribution in [3.05, 3.63) is 63.7 Å². The lowest BCUT2D eigenvalue weighted by Crippen LogP contribution is -2.13. The van der Waals surface area contributed by atoms with E-state index in [0.29, 0.717) is 34.5 Å². The van der Waals surface area contributed by atoms with Gasteiger partial charge in [0.15, 0.2) is 0 Å². The zero-order valence-electron chi connectivity index (χ0n) is 19.0. The van der Waals surface area contributed by atoms with Gasteiger partial charge in [-0.2, -0.15) is 14.6 Å². The Bertz CT molecular complexity index is 1430. The number of hydrogen-bond donors (Lipinski definition) is 1. The zero-order chi connectivity index (χ0) is 25.6. The molecule has 0 unspecified atom stereocenters. The second-order valence-corrected chi connectivity index (χ2v) is 10.5. The highest BCUT2D eigenvalue weighted by Gasteiger charge is 2.17. The number of nitrogens with one attached hydrogen (secondary N) is 1. The highest BCUT2D eigenvalue weighted by Crippen LogP contribution is 2.27. The number of amides is 1.